The molecule has 0 bridgehead atoms. The predicted octanol–water partition coefficient (Wildman–Crippen LogP) is 0.125. The van der Waals surface area contributed by atoms with Crippen LogP contribution >= 0.6 is 11.6 Å². The van der Waals surface area contributed by atoms with Crippen molar-refractivity contribution in [2.24, 2.45) is 0 Å². The number of halogens is 1. The zero-order valence-corrected chi connectivity index (χ0v) is 6.87. The maximum atomic E-state index is 10.6. The molecule has 0 aliphatic carbocycles. The predicted molar refractivity (Wildman–Crippen MR) is 41.1 cm³/mol. The number of nitrogens with one attached hydrogen (secondary N) is 1. The highest BCUT2D eigenvalue weighted by Gasteiger charge is 2.04. The lowest BCUT2D eigenvalue weighted by atomic mass is 10.5. The van der Waals surface area contributed by atoms with Gasteiger partial charge in [0.05, 0.1) is 0 Å². The van der Waals surface area contributed by atoms with E-state index < -0.39 is 15.2 Å². The molecule has 0 spiro atoms. The van der Waals surface area contributed by atoms with Crippen LogP contribution in [0.25, 0.3) is 0 Å². The summed E-state index contributed by atoms with van der Waals surface area (Å²) in [7, 11) is -3.27. The first kappa shape index (κ1) is 9.76. The van der Waals surface area contributed by atoms with Crippen LogP contribution < -0.4 is 4.72 Å². The molecule has 0 atom stereocenters. The van der Waals surface area contributed by atoms with E-state index in [-0.39, 0.29) is 6.54 Å². The van der Waals surface area contributed by atoms with Crippen LogP contribution in [0.1, 0.15) is 6.42 Å². The molecule has 0 amide bonds. The molecule has 58 valence electrons. The SMILES string of the molecule is C#CCCNS(=O)(=O)CCl. The molecule has 0 fully saturated rings. The Bertz CT molecular complexity index is 216. The molecule has 0 radical (unpaired) electrons. The van der Waals surface area contributed by atoms with Crippen LogP contribution in [-0.4, -0.2) is 20.2 Å². The van der Waals surface area contributed by atoms with Gasteiger partial charge in [-0.2, -0.15) is 0 Å². The van der Waals surface area contributed by atoms with E-state index in [4.69, 9.17) is 18.0 Å². The van der Waals surface area contributed by atoms with Gasteiger partial charge in [0, 0.05) is 13.0 Å². The van der Waals surface area contributed by atoms with Crippen molar-refractivity contribution >= 4 is 21.6 Å². The molecule has 0 saturated carbocycles. The van der Waals surface area contributed by atoms with Gasteiger partial charge in [-0.25, -0.2) is 13.1 Å². The Kier molecular flexibility index (Phi) is 4.45. The molecule has 0 saturated heterocycles. The molecule has 1 N–H and O–H groups in total. The maximum Gasteiger partial charge on any atom is 0.225 e. The van der Waals surface area contributed by atoms with Gasteiger partial charge in [0.1, 0.15) is 5.21 Å². The highest BCUT2D eigenvalue weighted by molar-refractivity contribution is 7.90. The molecular formula is C5H8ClNO2S. The summed E-state index contributed by atoms with van der Waals surface area (Å²) in [5.41, 5.74) is 0. The van der Waals surface area contributed by atoms with Crippen molar-refractivity contribution in [2.45, 2.75) is 6.42 Å². The van der Waals surface area contributed by atoms with E-state index in [0.29, 0.717) is 6.42 Å². The highest BCUT2D eigenvalue weighted by atomic mass is 35.5. The van der Waals surface area contributed by atoms with Crippen molar-refractivity contribution in [3.8, 4) is 12.3 Å². The van der Waals surface area contributed by atoms with E-state index in [1.54, 1.807) is 0 Å². The molecule has 0 unspecified atom stereocenters. The number of rotatable bonds is 4. The largest absolute Gasteiger partial charge is 0.225 e. The molecule has 0 rings (SSSR count). The third kappa shape index (κ3) is 4.62. The Balaban J connectivity index is 3.61. The van der Waals surface area contributed by atoms with E-state index in [9.17, 15) is 8.42 Å². The molecule has 3 nitrogen and oxygen atoms in total. The fourth-order valence-corrected chi connectivity index (χ4v) is 1.04. The van der Waals surface area contributed by atoms with Crippen LogP contribution in [0.2, 0.25) is 0 Å². The minimum absolute atomic E-state index is 0.256. The summed E-state index contributed by atoms with van der Waals surface area (Å²) in [5.74, 6) is 2.29. The lowest BCUT2D eigenvalue weighted by molar-refractivity contribution is 0.587. The lowest BCUT2D eigenvalue weighted by Crippen LogP contribution is -2.25. The van der Waals surface area contributed by atoms with Crippen LogP contribution in [0.4, 0.5) is 0 Å². The maximum absolute atomic E-state index is 10.6. The number of hydrogen-bond acceptors (Lipinski definition) is 2. The second-order valence-electron chi connectivity index (χ2n) is 1.57. The summed E-state index contributed by atoms with van der Waals surface area (Å²) in [4.78, 5) is 0. The Morgan fingerprint density at radius 3 is 2.60 bits per heavy atom. The molecule has 0 aromatic heterocycles. The average Bonchev–Trinajstić information content (AvgIpc) is 1.89. The first-order valence-corrected chi connectivity index (χ1v) is 4.78. The van der Waals surface area contributed by atoms with E-state index in [1.165, 1.54) is 0 Å². The monoisotopic (exact) mass is 181 g/mol. The van der Waals surface area contributed by atoms with Gasteiger partial charge in [-0.1, -0.05) is 0 Å². The van der Waals surface area contributed by atoms with E-state index in [2.05, 4.69) is 10.6 Å². The molecule has 0 aromatic rings. The minimum atomic E-state index is -3.27. The van der Waals surface area contributed by atoms with Crippen LogP contribution in [0.3, 0.4) is 0 Å². The summed E-state index contributed by atoms with van der Waals surface area (Å²) in [6, 6.07) is 0. The Morgan fingerprint density at radius 1 is 1.60 bits per heavy atom. The number of hydrogen-bond donors (Lipinski definition) is 1. The molecular weight excluding hydrogens is 174 g/mol. The third-order valence-corrected chi connectivity index (χ3v) is 2.53. The molecule has 10 heavy (non-hydrogen) atoms. The number of terminal acetylenes is 1. The molecule has 0 aromatic carbocycles. The lowest BCUT2D eigenvalue weighted by Gasteiger charge is -1.98. The van der Waals surface area contributed by atoms with Crippen molar-refractivity contribution in [3.05, 3.63) is 0 Å². The normalized spacial score (nSPS) is 10.8. The molecule has 0 aliphatic rings. The smallest absolute Gasteiger partial charge is 0.213 e. The Morgan fingerprint density at radius 2 is 2.20 bits per heavy atom. The summed E-state index contributed by atoms with van der Waals surface area (Å²) < 4.78 is 23.3. The first-order valence-electron chi connectivity index (χ1n) is 2.59. The summed E-state index contributed by atoms with van der Waals surface area (Å²) in [6.07, 6.45) is 5.27. The number of alkyl halides is 1. The van der Waals surface area contributed by atoms with Gasteiger partial charge in [0.25, 0.3) is 0 Å². The number of sulfonamides is 1. The average molecular weight is 182 g/mol. The van der Waals surface area contributed by atoms with E-state index in [0.717, 1.165) is 0 Å². The topological polar surface area (TPSA) is 46.2 Å². The summed E-state index contributed by atoms with van der Waals surface area (Å²) >= 11 is 5.07. The molecule has 0 heterocycles. The fourth-order valence-electron chi connectivity index (χ4n) is 0.317. The van der Waals surface area contributed by atoms with Gasteiger partial charge < -0.3 is 0 Å². The van der Waals surface area contributed by atoms with Crippen LogP contribution in [0.5, 0.6) is 0 Å². The van der Waals surface area contributed by atoms with E-state index in [1.807, 2.05) is 0 Å². The summed E-state index contributed by atoms with van der Waals surface area (Å²) in [6.45, 7) is 0.256. The van der Waals surface area contributed by atoms with Crippen LogP contribution in [0.15, 0.2) is 0 Å². The van der Waals surface area contributed by atoms with Gasteiger partial charge in [-0.3, -0.25) is 0 Å². The van der Waals surface area contributed by atoms with Gasteiger partial charge >= 0.3 is 0 Å². The summed E-state index contributed by atoms with van der Waals surface area (Å²) in [5, 5.41) is -0.419. The quantitative estimate of drug-likeness (QED) is 0.381. The van der Waals surface area contributed by atoms with Crippen LogP contribution in [0, 0.1) is 12.3 Å². The zero-order valence-electron chi connectivity index (χ0n) is 5.30. The minimum Gasteiger partial charge on any atom is -0.213 e. The van der Waals surface area contributed by atoms with Crippen molar-refractivity contribution in [3.63, 3.8) is 0 Å². The van der Waals surface area contributed by atoms with Crippen molar-refractivity contribution in [1.82, 2.24) is 4.72 Å². The Labute approximate surface area is 65.8 Å². The van der Waals surface area contributed by atoms with Crippen molar-refractivity contribution in [1.29, 1.82) is 0 Å². The van der Waals surface area contributed by atoms with Gasteiger partial charge in [0.15, 0.2) is 0 Å². The highest BCUT2D eigenvalue weighted by Crippen LogP contribution is 1.87. The third-order valence-electron chi connectivity index (χ3n) is 0.735. The second kappa shape index (κ2) is 4.56. The van der Waals surface area contributed by atoms with Gasteiger partial charge in [-0.15, -0.1) is 23.9 Å². The zero-order chi connectivity index (χ0) is 8.04. The fraction of sp³-hybridized carbons (Fsp3) is 0.600. The van der Waals surface area contributed by atoms with E-state index >= 15 is 0 Å². The Hall–Kier alpha value is -0.240. The van der Waals surface area contributed by atoms with Crippen molar-refractivity contribution in [2.75, 3.05) is 11.8 Å². The second-order valence-corrected chi connectivity index (χ2v) is 3.96. The molecule has 5 heteroatoms. The standard InChI is InChI=1S/C5H8ClNO2S/c1-2-3-4-7-10(8,9)5-6/h1,7H,3-5H2. The van der Waals surface area contributed by atoms with Gasteiger partial charge in [-0.05, 0) is 0 Å². The first-order chi connectivity index (χ1) is 4.62. The molecule has 0 aliphatic heterocycles. The van der Waals surface area contributed by atoms with Crippen LogP contribution in [-0.2, 0) is 10.0 Å². The van der Waals surface area contributed by atoms with Crippen molar-refractivity contribution < 1.29 is 8.42 Å². The van der Waals surface area contributed by atoms with Gasteiger partial charge in [0.2, 0.25) is 10.0 Å².